The van der Waals surface area contributed by atoms with Crippen LogP contribution in [0.25, 0.3) is 0 Å². The van der Waals surface area contributed by atoms with Crippen LogP contribution in [-0.2, 0) is 6.54 Å². The molecule has 0 bridgehead atoms. The van der Waals surface area contributed by atoms with Crippen molar-refractivity contribution in [2.45, 2.75) is 59.0 Å². The van der Waals surface area contributed by atoms with Crippen LogP contribution >= 0.6 is 0 Å². The van der Waals surface area contributed by atoms with Gasteiger partial charge in [-0.2, -0.15) is 0 Å². The van der Waals surface area contributed by atoms with Crippen molar-refractivity contribution in [3.8, 4) is 0 Å². The highest BCUT2D eigenvalue weighted by atomic mass is 15.0. The fourth-order valence-electron chi connectivity index (χ4n) is 2.48. The predicted molar refractivity (Wildman–Crippen MR) is 77.6 cm³/mol. The summed E-state index contributed by atoms with van der Waals surface area (Å²) in [5, 5.41) is 3.71. The van der Waals surface area contributed by atoms with Gasteiger partial charge in [0.25, 0.3) is 0 Å². The van der Waals surface area contributed by atoms with Crippen LogP contribution in [0.5, 0.6) is 0 Å². The van der Waals surface area contributed by atoms with Crippen LogP contribution in [-0.4, -0.2) is 11.1 Å². The van der Waals surface area contributed by atoms with Gasteiger partial charge in [-0.15, -0.1) is 0 Å². The largest absolute Gasteiger partial charge is 0.354 e. The van der Waals surface area contributed by atoms with Gasteiger partial charge in [-0.05, 0) is 55.7 Å². The molecule has 0 aromatic carbocycles. The normalized spacial score (nSPS) is 17.3. The van der Waals surface area contributed by atoms with Crippen molar-refractivity contribution in [2.75, 3.05) is 6.54 Å². The summed E-state index contributed by atoms with van der Waals surface area (Å²) in [7, 11) is 0. The maximum atomic E-state index is 3.71. The molecular weight excluding hydrogens is 220 g/mol. The minimum atomic E-state index is 0.602. The molecule has 2 rings (SSSR count). The number of aromatic nitrogens is 1. The zero-order valence-electron chi connectivity index (χ0n) is 12.2. The van der Waals surface area contributed by atoms with Gasteiger partial charge in [-0.25, -0.2) is 0 Å². The molecule has 1 aromatic rings. The lowest BCUT2D eigenvalue weighted by Crippen LogP contribution is -2.23. The molecule has 0 spiro atoms. The van der Waals surface area contributed by atoms with Gasteiger partial charge in [0.1, 0.15) is 0 Å². The third kappa shape index (κ3) is 3.88. The Bertz CT molecular complexity index is 350. The monoisotopic (exact) mass is 248 g/mol. The quantitative estimate of drug-likeness (QED) is 0.736. The average Bonchev–Trinajstić information content (AvgIpc) is 3.06. The van der Waals surface area contributed by atoms with E-state index >= 15 is 0 Å². The second-order valence-electron chi connectivity index (χ2n) is 6.13. The fourth-order valence-corrected chi connectivity index (χ4v) is 2.48. The molecule has 1 unspecified atom stereocenters. The maximum Gasteiger partial charge on any atom is 0.0363 e. The number of hydrogen-bond donors (Lipinski definition) is 1. The van der Waals surface area contributed by atoms with Crippen molar-refractivity contribution in [2.24, 2.45) is 11.8 Å². The zero-order valence-corrected chi connectivity index (χ0v) is 12.2. The minimum absolute atomic E-state index is 0.602. The van der Waals surface area contributed by atoms with E-state index < -0.39 is 0 Å². The predicted octanol–water partition coefficient (Wildman–Crippen LogP) is 3.98. The highest BCUT2D eigenvalue weighted by Crippen LogP contribution is 2.41. The number of hydrogen-bond acceptors (Lipinski definition) is 1. The van der Waals surface area contributed by atoms with Crippen LogP contribution in [0, 0.1) is 11.8 Å². The van der Waals surface area contributed by atoms with E-state index in [9.17, 15) is 0 Å². The molecule has 102 valence electrons. The molecule has 1 N–H and O–H groups in total. The Hall–Kier alpha value is -0.760. The summed E-state index contributed by atoms with van der Waals surface area (Å²) in [6.07, 6.45) is 9.90. The number of nitrogens with zero attached hydrogens (tertiary/aromatic N) is 1. The lowest BCUT2D eigenvalue weighted by atomic mass is 10.1. The Balaban J connectivity index is 1.93. The minimum Gasteiger partial charge on any atom is -0.354 e. The lowest BCUT2D eigenvalue weighted by Gasteiger charge is -2.16. The molecule has 1 heterocycles. The van der Waals surface area contributed by atoms with Gasteiger partial charge >= 0.3 is 0 Å². The fraction of sp³-hybridized carbons (Fsp3) is 0.750. The summed E-state index contributed by atoms with van der Waals surface area (Å²) in [6, 6.07) is 2.91. The van der Waals surface area contributed by atoms with E-state index in [0.29, 0.717) is 6.04 Å². The van der Waals surface area contributed by atoms with E-state index in [1.807, 2.05) is 0 Å². The van der Waals surface area contributed by atoms with E-state index in [1.165, 1.54) is 31.2 Å². The first-order chi connectivity index (χ1) is 8.70. The number of nitrogens with one attached hydrogen (secondary N) is 1. The molecule has 2 heteroatoms. The smallest absolute Gasteiger partial charge is 0.0363 e. The molecule has 1 aliphatic rings. The zero-order chi connectivity index (χ0) is 13.0. The van der Waals surface area contributed by atoms with Crippen LogP contribution in [0.1, 0.15) is 58.1 Å². The third-order valence-corrected chi connectivity index (χ3v) is 3.80. The lowest BCUT2D eigenvalue weighted by molar-refractivity contribution is 0.477. The van der Waals surface area contributed by atoms with Crippen LogP contribution in [0.3, 0.4) is 0 Å². The highest BCUT2D eigenvalue weighted by Gasteiger charge is 2.32. The van der Waals surface area contributed by atoms with Gasteiger partial charge in [-0.1, -0.05) is 20.8 Å². The summed E-state index contributed by atoms with van der Waals surface area (Å²) < 4.78 is 2.36. The van der Waals surface area contributed by atoms with Gasteiger partial charge in [0.15, 0.2) is 0 Å². The van der Waals surface area contributed by atoms with Crippen molar-refractivity contribution in [1.82, 2.24) is 9.88 Å². The van der Waals surface area contributed by atoms with Gasteiger partial charge in [-0.3, -0.25) is 0 Å². The van der Waals surface area contributed by atoms with Crippen LogP contribution in [0.2, 0.25) is 0 Å². The van der Waals surface area contributed by atoms with Gasteiger partial charge < -0.3 is 9.88 Å². The average molecular weight is 248 g/mol. The Morgan fingerprint density at radius 2 is 2.17 bits per heavy atom. The molecular formula is C16H28N2. The molecule has 2 nitrogen and oxygen atoms in total. The molecule has 0 radical (unpaired) electrons. The SMILES string of the molecule is CCCNC(c1ccn(CCC(C)C)c1)C1CC1. The summed E-state index contributed by atoms with van der Waals surface area (Å²) in [5.41, 5.74) is 1.50. The molecule has 1 saturated carbocycles. The third-order valence-electron chi connectivity index (χ3n) is 3.80. The first-order valence-corrected chi connectivity index (χ1v) is 7.59. The van der Waals surface area contributed by atoms with Crippen molar-refractivity contribution in [3.63, 3.8) is 0 Å². The first kappa shape index (κ1) is 13.7. The molecule has 1 fully saturated rings. The Morgan fingerprint density at radius 1 is 1.39 bits per heavy atom. The summed E-state index contributed by atoms with van der Waals surface area (Å²) in [5.74, 6) is 1.67. The second-order valence-corrected chi connectivity index (χ2v) is 6.13. The van der Waals surface area contributed by atoms with Crippen molar-refractivity contribution in [1.29, 1.82) is 0 Å². The van der Waals surface area contributed by atoms with E-state index in [0.717, 1.165) is 24.9 Å². The molecule has 0 saturated heterocycles. The summed E-state index contributed by atoms with van der Waals surface area (Å²) >= 11 is 0. The highest BCUT2D eigenvalue weighted by molar-refractivity contribution is 5.18. The molecule has 18 heavy (non-hydrogen) atoms. The molecule has 1 atom stereocenters. The van der Waals surface area contributed by atoms with E-state index in [4.69, 9.17) is 0 Å². The summed E-state index contributed by atoms with van der Waals surface area (Å²) in [6.45, 7) is 9.12. The second kappa shape index (κ2) is 6.42. The molecule has 1 aromatic heterocycles. The molecule has 1 aliphatic carbocycles. The Labute approximate surface area is 112 Å². The van der Waals surface area contributed by atoms with Crippen molar-refractivity contribution in [3.05, 3.63) is 24.0 Å². The maximum absolute atomic E-state index is 3.71. The van der Waals surface area contributed by atoms with Crippen molar-refractivity contribution < 1.29 is 0 Å². The first-order valence-electron chi connectivity index (χ1n) is 7.59. The Kier molecular flexibility index (Phi) is 4.87. The Morgan fingerprint density at radius 3 is 2.78 bits per heavy atom. The standard InChI is InChI=1S/C16H28N2/c1-4-9-17-16(14-5-6-14)15-8-11-18(12-15)10-7-13(2)3/h8,11-14,16-17H,4-7,9-10H2,1-3H3. The van der Waals surface area contributed by atoms with Gasteiger partial charge in [0.05, 0.1) is 0 Å². The van der Waals surface area contributed by atoms with Crippen molar-refractivity contribution >= 4 is 0 Å². The summed E-state index contributed by atoms with van der Waals surface area (Å²) in [4.78, 5) is 0. The molecule has 0 aliphatic heterocycles. The van der Waals surface area contributed by atoms with Gasteiger partial charge in [0, 0.05) is 25.0 Å². The number of aryl methyl sites for hydroxylation is 1. The molecule has 0 amide bonds. The van der Waals surface area contributed by atoms with Crippen LogP contribution in [0.15, 0.2) is 18.5 Å². The van der Waals surface area contributed by atoms with Gasteiger partial charge in [0.2, 0.25) is 0 Å². The van der Waals surface area contributed by atoms with E-state index in [1.54, 1.807) is 0 Å². The van der Waals surface area contributed by atoms with E-state index in [2.05, 4.69) is 49.1 Å². The van der Waals surface area contributed by atoms with Crippen LogP contribution in [0.4, 0.5) is 0 Å². The van der Waals surface area contributed by atoms with Crippen LogP contribution < -0.4 is 5.32 Å². The number of rotatable bonds is 8. The topological polar surface area (TPSA) is 17.0 Å². The van der Waals surface area contributed by atoms with E-state index in [-0.39, 0.29) is 0 Å².